The Morgan fingerprint density at radius 2 is 1.95 bits per heavy atom. The highest BCUT2D eigenvalue weighted by molar-refractivity contribution is 6.30. The highest BCUT2D eigenvalue weighted by atomic mass is 35.5. The fraction of sp³-hybridized carbons (Fsp3) is 0.0714. The van der Waals surface area contributed by atoms with Gasteiger partial charge in [0.1, 0.15) is 18.2 Å². The molecule has 0 aliphatic heterocycles. The number of anilines is 1. The van der Waals surface area contributed by atoms with E-state index >= 15 is 0 Å². The number of ether oxygens (including phenoxy) is 1. The van der Waals surface area contributed by atoms with Crippen molar-refractivity contribution in [2.45, 2.75) is 6.61 Å². The zero-order valence-electron chi connectivity index (χ0n) is 10.1. The summed E-state index contributed by atoms with van der Waals surface area (Å²) in [6, 6.07) is 12.8. The van der Waals surface area contributed by atoms with Crippen molar-refractivity contribution < 1.29 is 4.74 Å². The Kier molecular flexibility index (Phi) is 3.01. The Balaban J connectivity index is 1.76. The quantitative estimate of drug-likeness (QED) is 0.719. The fourth-order valence-corrected chi connectivity index (χ4v) is 1.95. The van der Waals surface area contributed by atoms with Crippen LogP contribution in [-0.4, -0.2) is 9.97 Å². The molecule has 3 aromatic rings. The molecule has 19 heavy (non-hydrogen) atoms. The van der Waals surface area contributed by atoms with E-state index in [-0.39, 0.29) is 0 Å². The number of hydrogen-bond acceptors (Lipinski definition) is 3. The van der Waals surface area contributed by atoms with E-state index in [2.05, 4.69) is 9.97 Å². The minimum absolute atomic E-state index is 0.371. The number of halogens is 1. The summed E-state index contributed by atoms with van der Waals surface area (Å²) in [5.74, 6) is 1.51. The molecule has 0 unspecified atom stereocenters. The third-order valence-electron chi connectivity index (χ3n) is 2.75. The van der Waals surface area contributed by atoms with Gasteiger partial charge in [-0.2, -0.15) is 0 Å². The number of benzene rings is 2. The molecule has 0 aliphatic rings. The van der Waals surface area contributed by atoms with Crippen LogP contribution in [0.25, 0.3) is 11.0 Å². The standard InChI is InChI=1S/C14H12ClN3O/c15-9-1-4-11(5-2-9)19-8-14-17-12-6-3-10(16)7-13(12)18-14/h1-7H,8,16H2,(H,17,18). The molecule has 0 fully saturated rings. The van der Waals surface area contributed by atoms with Crippen molar-refractivity contribution in [1.29, 1.82) is 0 Å². The van der Waals surface area contributed by atoms with Crippen LogP contribution in [0.15, 0.2) is 42.5 Å². The smallest absolute Gasteiger partial charge is 0.146 e. The van der Waals surface area contributed by atoms with Crippen LogP contribution < -0.4 is 10.5 Å². The van der Waals surface area contributed by atoms with E-state index in [1.807, 2.05) is 30.3 Å². The number of nitrogens with one attached hydrogen (secondary N) is 1. The number of aromatic amines is 1. The van der Waals surface area contributed by atoms with Crippen LogP contribution in [0, 0.1) is 0 Å². The zero-order valence-corrected chi connectivity index (χ0v) is 10.8. The van der Waals surface area contributed by atoms with Crippen LogP contribution in [0.4, 0.5) is 5.69 Å². The number of H-pyrrole nitrogens is 1. The molecule has 5 heteroatoms. The summed E-state index contributed by atoms with van der Waals surface area (Å²) < 4.78 is 5.62. The number of aromatic nitrogens is 2. The monoisotopic (exact) mass is 273 g/mol. The summed E-state index contributed by atoms with van der Waals surface area (Å²) in [5, 5.41) is 0.687. The van der Waals surface area contributed by atoms with Gasteiger partial charge in [0.2, 0.25) is 0 Å². The Bertz CT molecular complexity index is 706. The number of fused-ring (bicyclic) bond motifs is 1. The summed E-state index contributed by atoms with van der Waals surface area (Å²) in [7, 11) is 0. The van der Waals surface area contributed by atoms with Crippen molar-refractivity contribution >= 4 is 28.3 Å². The minimum atomic E-state index is 0.371. The molecule has 0 radical (unpaired) electrons. The molecule has 4 nitrogen and oxygen atoms in total. The van der Waals surface area contributed by atoms with Crippen LogP contribution in [0.1, 0.15) is 5.82 Å². The SMILES string of the molecule is Nc1ccc2[nH]c(COc3ccc(Cl)cc3)nc2c1. The van der Waals surface area contributed by atoms with Gasteiger partial charge < -0.3 is 15.5 Å². The largest absolute Gasteiger partial charge is 0.486 e. The molecule has 0 aliphatic carbocycles. The minimum Gasteiger partial charge on any atom is -0.486 e. The van der Waals surface area contributed by atoms with Gasteiger partial charge in [-0.3, -0.25) is 0 Å². The molecule has 2 aromatic carbocycles. The number of nitrogens with two attached hydrogens (primary N) is 1. The van der Waals surface area contributed by atoms with Crippen molar-refractivity contribution in [3.05, 3.63) is 53.3 Å². The lowest BCUT2D eigenvalue weighted by Crippen LogP contribution is -1.97. The normalized spacial score (nSPS) is 10.8. The molecule has 1 heterocycles. The van der Waals surface area contributed by atoms with E-state index in [1.165, 1.54) is 0 Å². The van der Waals surface area contributed by atoms with E-state index in [9.17, 15) is 0 Å². The summed E-state index contributed by atoms with van der Waals surface area (Å²) in [6.07, 6.45) is 0. The lowest BCUT2D eigenvalue weighted by atomic mass is 10.3. The topological polar surface area (TPSA) is 63.9 Å². The zero-order chi connectivity index (χ0) is 13.2. The predicted molar refractivity (Wildman–Crippen MR) is 76.3 cm³/mol. The van der Waals surface area contributed by atoms with Crippen molar-refractivity contribution in [1.82, 2.24) is 9.97 Å². The molecule has 0 saturated heterocycles. The summed E-state index contributed by atoms with van der Waals surface area (Å²) in [4.78, 5) is 7.61. The van der Waals surface area contributed by atoms with Gasteiger partial charge in [-0.15, -0.1) is 0 Å². The molecular formula is C14H12ClN3O. The van der Waals surface area contributed by atoms with Gasteiger partial charge in [-0.25, -0.2) is 4.98 Å². The maximum Gasteiger partial charge on any atom is 0.146 e. The second kappa shape index (κ2) is 4.82. The van der Waals surface area contributed by atoms with E-state index in [0.717, 1.165) is 22.6 Å². The van der Waals surface area contributed by atoms with Gasteiger partial charge in [0.25, 0.3) is 0 Å². The second-order valence-corrected chi connectivity index (χ2v) is 4.64. The van der Waals surface area contributed by atoms with Gasteiger partial charge in [0.05, 0.1) is 11.0 Å². The van der Waals surface area contributed by atoms with Gasteiger partial charge in [0.15, 0.2) is 0 Å². The molecule has 1 aromatic heterocycles. The average molecular weight is 274 g/mol. The second-order valence-electron chi connectivity index (χ2n) is 4.20. The van der Waals surface area contributed by atoms with Crippen molar-refractivity contribution in [2.75, 3.05) is 5.73 Å². The Labute approximate surface area is 115 Å². The lowest BCUT2D eigenvalue weighted by molar-refractivity contribution is 0.297. The molecule has 0 saturated carbocycles. The average Bonchev–Trinajstić information content (AvgIpc) is 2.80. The Morgan fingerprint density at radius 1 is 1.16 bits per heavy atom. The maximum atomic E-state index is 5.81. The van der Waals surface area contributed by atoms with Crippen molar-refractivity contribution in [3.8, 4) is 5.75 Å². The highest BCUT2D eigenvalue weighted by Crippen LogP contribution is 2.18. The van der Waals surface area contributed by atoms with E-state index in [0.29, 0.717) is 17.3 Å². The van der Waals surface area contributed by atoms with E-state index < -0.39 is 0 Å². The number of nitrogens with zero attached hydrogens (tertiary/aromatic N) is 1. The number of nitrogen functional groups attached to an aromatic ring is 1. The van der Waals surface area contributed by atoms with Gasteiger partial charge in [0, 0.05) is 10.7 Å². The summed E-state index contributed by atoms with van der Waals surface area (Å²) >= 11 is 5.81. The molecule has 3 N–H and O–H groups in total. The first-order valence-electron chi connectivity index (χ1n) is 5.83. The number of rotatable bonds is 3. The fourth-order valence-electron chi connectivity index (χ4n) is 1.83. The molecule has 0 amide bonds. The maximum absolute atomic E-state index is 5.81. The first-order chi connectivity index (χ1) is 9.20. The van der Waals surface area contributed by atoms with Crippen LogP contribution in [0.2, 0.25) is 5.02 Å². The number of hydrogen-bond donors (Lipinski definition) is 2. The molecule has 0 bridgehead atoms. The molecule has 0 atom stereocenters. The highest BCUT2D eigenvalue weighted by Gasteiger charge is 2.04. The first-order valence-corrected chi connectivity index (χ1v) is 6.21. The van der Waals surface area contributed by atoms with Crippen LogP contribution in [-0.2, 0) is 6.61 Å². The lowest BCUT2D eigenvalue weighted by Gasteiger charge is -2.03. The molecule has 96 valence electrons. The molecule has 3 rings (SSSR count). The summed E-state index contributed by atoms with van der Waals surface area (Å²) in [5.41, 5.74) is 8.20. The summed E-state index contributed by atoms with van der Waals surface area (Å²) in [6.45, 7) is 0.371. The molecule has 0 spiro atoms. The number of imidazole rings is 1. The predicted octanol–water partition coefficient (Wildman–Crippen LogP) is 3.38. The third-order valence-corrected chi connectivity index (χ3v) is 3.00. The first kappa shape index (κ1) is 11.9. The van der Waals surface area contributed by atoms with Crippen LogP contribution in [0.3, 0.4) is 0 Å². The van der Waals surface area contributed by atoms with Crippen LogP contribution in [0.5, 0.6) is 5.75 Å². The molecular weight excluding hydrogens is 262 g/mol. The van der Waals surface area contributed by atoms with Gasteiger partial charge in [-0.1, -0.05) is 11.6 Å². The van der Waals surface area contributed by atoms with Crippen LogP contribution >= 0.6 is 11.6 Å². The van der Waals surface area contributed by atoms with E-state index in [4.69, 9.17) is 22.1 Å². The van der Waals surface area contributed by atoms with Crippen molar-refractivity contribution in [2.24, 2.45) is 0 Å². The van der Waals surface area contributed by atoms with Gasteiger partial charge >= 0.3 is 0 Å². The van der Waals surface area contributed by atoms with E-state index in [1.54, 1.807) is 12.1 Å². The third kappa shape index (κ3) is 2.63. The Hall–Kier alpha value is -2.20. The Morgan fingerprint density at radius 3 is 2.74 bits per heavy atom. The van der Waals surface area contributed by atoms with Gasteiger partial charge in [-0.05, 0) is 42.5 Å². The van der Waals surface area contributed by atoms with Crippen molar-refractivity contribution in [3.63, 3.8) is 0 Å².